The number of anilines is 1. The normalized spacial score (nSPS) is 10.7. The molecule has 1 rings (SSSR count). The van der Waals surface area contributed by atoms with Crippen LogP contribution in [-0.2, 0) is 9.53 Å². The van der Waals surface area contributed by atoms with Crippen LogP contribution in [0, 0.1) is 6.92 Å². The molecule has 0 atom stereocenters. The van der Waals surface area contributed by atoms with Gasteiger partial charge in [-0.1, -0.05) is 13.8 Å². The van der Waals surface area contributed by atoms with Gasteiger partial charge in [-0.25, -0.2) is 4.79 Å². The van der Waals surface area contributed by atoms with Crippen LogP contribution in [-0.4, -0.2) is 43.0 Å². The third-order valence-corrected chi connectivity index (χ3v) is 4.04. The van der Waals surface area contributed by atoms with Gasteiger partial charge in [0.1, 0.15) is 4.88 Å². The second kappa shape index (κ2) is 8.01. The van der Waals surface area contributed by atoms with Crippen LogP contribution in [0.1, 0.15) is 36.0 Å². The number of hydrogen-bond acceptors (Lipinski definition) is 5. The molecule has 0 unspecified atom stereocenters. The molecular formula is C14H22N2O3S. The monoisotopic (exact) mass is 298 g/mol. The summed E-state index contributed by atoms with van der Waals surface area (Å²) < 4.78 is 4.98. The fourth-order valence-corrected chi connectivity index (χ4v) is 2.75. The third kappa shape index (κ3) is 4.61. The predicted octanol–water partition coefficient (Wildman–Crippen LogP) is 2.51. The number of hydrogen-bond donors (Lipinski definition) is 1. The van der Waals surface area contributed by atoms with Crippen LogP contribution in [0.5, 0.6) is 0 Å². The van der Waals surface area contributed by atoms with Gasteiger partial charge in [0.05, 0.1) is 18.2 Å². The number of carbonyl (C=O) groups excluding carboxylic acids is 2. The summed E-state index contributed by atoms with van der Waals surface area (Å²) in [5.74, 6) is -0.399. The number of thiophene rings is 1. The van der Waals surface area contributed by atoms with E-state index in [4.69, 9.17) is 4.74 Å². The molecule has 0 aliphatic carbocycles. The minimum Gasteiger partial charge on any atom is -0.462 e. The summed E-state index contributed by atoms with van der Waals surface area (Å²) >= 11 is 1.25. The fourth-order valence-electron chi connectivity index (χ4n) is 1.77. The first-order valence-electron chi connectivity index (χ1n) is 6.81. The highest BCUT2D eigenvalue weighted by Crippen LogP contribution is 2.27. The van der Waals surface area contributed by atoms with Gasteiger partial charge in [0.15, 0.2) is 0 Å². The van der Waals surface area contributed by atoms with Gasteiger partial charge < -0.3 is 10.1 Å². The number of rotatable bonds is 7. The third-order valence-electron chi connectivity index (χ3n) is 2.90. The number of esters is 1. The van der Waals surface area contributed by atoms with E-state index in [0.29, 0.717) is 23.0 Å². The number of aryl methyl sites for hydroxylation is 1. The Hall–Kier alpha value is -1.40. The van der Waals surface area contributed by atoms with Crippen molar-refractivity contribution in [3.05, 3.63) is 16.5 Å². The summed E-state index contributed by atoms with van der Waals surface area (Å²) in [6.07, 6.45) is 0. The number of nitrogens with zero attached hydrogens (tertiary/aromatic N) is 1. The average Bonchev–Trinajstić information content (AvgIpc) is 2.77. The molecule has 0 aliphatic rings. The van der Waals surface area contributed by atoms with Gasteiger partial charge in [-0.15, -0.1) is 11.3 Å². The van der Waals surface area contributed by atoms with Crippen LogP contribution in [0.4, 0.5) is 5.00 Å². The number of amides is 1. The van der Waals surface area contributed by atoms with Gasteiger partial charge in [-0.2, -0.15) is 0 Å². The molecule has 1 amide bonds. The lowest BCUT2D eigenvalue weighted by Crippen LogP contribution is -2.32. The van der Waals surface area contributed by atoms with Gasteiger partial charge >= 0.3 is 5.97 Å². The maximum Gasteiger partial charge on any atom is 0.348 e. The number of likely N-dealkylation sites (N-methyl/N-ethyl adjacent to an activating group) is 1. The Bertz CT molecular complexity index is 467. The van der Waals surface area contributed by atoms with Crippen molar-refractivity contribution in [2.45, 2.75) is 27.7 Å². The van der Waals surface area contributed by atoms with Crippen molar-refractivity contribution in [3.63, 3.8) is 0 Å². The molecule has 1 heterocycles. The molecule has 112 valence electrons. The standard InChI is InChI=1S/C14H22N2O3S/c1-5-16(6-2)9-11(17)15-12-8-10(4)13(20-12)14(18)19-7-3/h8H,5-7,9H2,1-4H3,(H,15,17). The summed E-state index contributed by atoms with van der Waals surface area (Å²) in [4.78, 5) is 26.2. The molecule has 0 radical (unpaired) electrons. The van der Waals surface area contributed by atoms with Gasteiger partial charge in [0, 0.05) is 0 Å². The molecule has 0 fully saturated rings. The molecule has 0 saturated carbocycles. The SMILES string of the molecule is CCOC(=O)c1sc(NC(=O)CN(CC)CC)cc1C. The van der Waals surface area contributed by atoms with E-state index in [0.717, 1.165) is 18.7 Å². The topological polar surface area (TPSA) is 58.6 Å². The highest BCUT2D eigenvalue weighted by Gasteiger charge is 2.16. The second-order valence-electron chi connectivity index (χ2n) is 4.35. The van der Waals surface area contributed by atoms with Crippen LogP contribution in [0.15, 0.2) is 6.07 Å². The molecule has 0 aliphatic heterocycles. The summed E-state index contributed by atoms with van der Waals surface area (Å²) in [5, 5.41) is 3.51. The summed E-state index contributed by atoms with van der Waals surface area (Å²) in [7, 11) is 0. The van der Waals surface area contributed by atoms with Crippen molar-refractivity contribution >= 4 is 28.2 Å². The van der Waals surface area contributed by atoms with E-state index in [1.807, 2.05) is 25.7 Å². The first kappa shape index (κ1) is 16.7. The van der Waals surface area contributed by atoms with Crippen molar-refractivity contribution in [2.24, 2.45) is 0 Å². The molecule has 20 heavy (non-hydrogen) atoms. The molecule has 0 aromatic carbocycles. The van der Waals surface area contributed by atoms with Gasteiger partial charge in [-0.05, 0) is 38.6 Å². The van der Waals surface area contributed by atoms with Gasteiger partial charge in [0.25, 0.3) is 0 Å². The highest BCUT2D eigenvalue weighted by atomic mass is 32.1. The minimum atomic E-state index is -0.334. The van der Waals surface area contributed by atoms with Gasteiger partial charge in [-0.3, -0.25) is 9.69 Å². The largest absolute Gasteiger partial charge is 0.462 e. The van der Waals surface area contributed by atoms with Crippen LogP contribution in [0.25, 0.3) is 0 Å². The van der Waals surface area contributed by atoms with Crippen molar-refractivity contribution in [2.75, 3.05) is 31.6 Å². The van der Waals surface area contributed by atoms with Crippen LogP contribution >= 0.6 is 11.3 Å². The van der Waals surface area contributed by atoms with Crippen molar-refractivity contribution in [1.82, 2.24) is 4.90 Å². The van der Waals surface area contributed by atoms with Crippen molar-refractivity contribution in [1.29, 1.82) is 0 Å². The molecule has 0 spiro atoms. The Morgan fingerprint density at radius 3 is 2.50 bits per heavy atom. The molecule has 5 nitrogen and oxygen atoms in total. The summed E-state index contributed by atoms with van der Waals surface area (Å²) in [6, 6.07) is 1.80. The van der Waals surface area contributed by atoms with E-state index in [1.54, 1.807) is 13.0 Å². The Kier molecular flexibility index (Phi) is 6.67. The molecular weight excluding hydrogens is 276 g/mol. The average molecular weight is 298 g/mol. The Morgan fingerprint density at radius 1 is 1.30 bits per heavy atom. The zero-order valence-electron chi connectivity index (χ0n) is 12.5. The van der Waals surface area contributed by atoms with Gasteiger partial charge in [0.2, 0.25) is 5.91 Å². The number of nitrogens with one attached hydrogen (secondary N) is 1. The molecule has 1 aromatic rings. The molecule has 6 heteroatoms. The van der Waals surface area contributed by atoms with E-state index < -0.39 is 0 Å². The number of ether oxygens (including phenoxy) is 1. The van der Waals surface area contributed by atoms with E-state index in [1.165, 1.54) is 11.3 Å². The first-order chi connectivity index (χ1) is 9.51. The Labute approximate surface area is 123 Å². The van der Waals surface area contributed by atoms with E-state index in [2.05, 4.69) is 5.32 Å². The lowest BCUT2D eigenvalue weighted by Gasteiger charge is -2.16. The number of carbonyl (C=O) groups is 2. The molecule has 0 saturated heterocycles. The Morgan fingerprint density at radius 2 is 1.95 bits per heavy atom. The predicted molar refractivity (Wildman–Crippen MR) is 81.4 cm³/mol. The fraction of sp³-hybridized carbons (Fsp3) is 0.571. The zero-order chi connectivity index (χ0) is 15.1. The summed E-state index contributed by atoms with van der Waals surface area (Å²) in [5.41, 5.74) is 0.826. The van der Waals surface area contributed by atoms with E-state index in [9.17, 15) is 9.59 Å². The Balaban J connectivity index is 2.67. The van der Waals surface area contributed by atoms with Crippen molar-refractivity contribution in [3.8, 4) is 0 Å². The maximum atomic E-state index is 11.9. The minimum absolute atomic E-state index is 0.0645. The summed E-state index contributed by atoms with van der Waals surface area (Å²) in [6.45, 7) is 10.0. The maximum absolute atomic E-state index is 11.9. The van der Waals surface area contributed by atoms with E-state index >= 15 is 0 Å². The first-order valence-corrected chi connectivity index (χ1v) is 7.63. The van der Waals surface area contributed by atoms with Crippen LogP contribution in [0.2, 0.25) is 0 Å². The van der Waals surface area contributed by atoms with E-state index in [-0.39, 0.29) is 11.9 Å². The molecule has 1 aromatic heterocycles. The highest BCUT2D eigenvalue weighted by molar-refractivity contribution is 7.18. The zero-order valence-corrected chi connectivity index (χ0v) is 13.3. The van der Waals surface area contributed by atoms with Crippen molar-refractivity contribution < 1.29 is 14.3 Å². The molecule has 1 N–H and O–H groups in total. The quantitative estimate of drug-likeness (QED) is 0.786. The lowest BCUT2D eigenvalue weighted by atomic mass is 10.3. The lowest BCUT2D eigenvalue weighted by molar-refractivity contribution is -0.117. The van der Waals surface area contributed by atoms with Crippen LogP contribution < -0.4 is 5.32 Å². The molecule has 0 bridgehead atoms. The second-order valence-corrected chi connectivity index (χ2v) is 5.41. The van der Waals surface area contributed by atoms with Crippen LogP contribution in [0.3, 0.4) is 0 Å². The smallest absolute Gasteiger partial charge is 0.348 e.